The third kappa shape index (κ3) is 2.86. The van der Waals surface area contributed by atoms with Crippen LogP contribution in [0.3, 0.4) is 0 Å². The minimum Gasteiger partial charge on any atom is -0.492 e. The Hall–Kier alpha value is -1.88. The number of aromatic nitrogens is 3. The highest BCUT2D eigenvalue weighted by Gasteiger charge is 2.30. The van der Waals surface area contributed by atoms with Crippen LogP contribution in [0.2, 0.25) is 0 Å². The molecule has 0 spiro atoms. The van der Waals surface area contributed by atoms with E-state index in [0.29, 0.717) is 5.92 Å². The van der Waals surface area contributed by atoms with Crippen molar-refractivity contribution in [3.63, 3.8) is 0 Å². The number of rotatable bonds is 4. The Morgan fingerprint density at radius 3 is 2.91 bits per heavy atom. The molecule has 2 aliphatic rings. The molecule has 2 aromatic heterocycles. The maximum absolute atomic E-state index is 5.95. The van der Waals surface area contributed by atoms with E-state index in [4.69, 9.17) is 4.74 Å². The smallest absolute Gasteiger partial charge is 0.137 e. The molecule has 1 unspecified atom stereocenters. The molecule has 1 saturated carbocycles. The molecular weight excluding hydrogens is 276 g/mol. The lowest BCUT2D eigenvalue weighted by atomic mass is 9.90. The van der Waals surface area contributed by atoms with Crippen LogP contribution in [-0.4, -0.2) is 38.6 Å². The van der Waals surface area contributed by atoms with E-state index in [1.54, 1.807) is 12.4 Å². The van der Waals surface area contributed by atoms with Crippen LogP contribution >= 0.6 is 0 Å². The highest BCUT2D eigenvalue weighted by molar-refractivity contribution is 5.15. The predicted octanol–water partition coefficient (Wildman–Crippen LogP) is 2.34. The van der Waals surface area contributed by atoms with E-state index in [0.717, 1.165) is 38.0 Å². The Morgan fingerprint density at radius 1 is 1.18 bits per heavy atom. The fourth-order valence-electron chi connectivity index (χ4n) is 3.37. The first-order valence-electron chi connectivity index (χ1n) is 8.14. The lowest BCUT2D eigenvalue weighted by Crippen LogP contribution is -2.42. The summed E-state index contributed by atoms with van der Waals surface area (Å²) in [5.41, 5.74) is 1.33. The SMILES string of the molecule is c1cncc(OCC2CN(C3CCC3)Cc3cncn3C2)c1. The first kappa shape index (κ1) is 13.8. The van der Waals surface area contributed by atoms with E-state index >= 15 is 0 Å². The van der Waals surface area contributed by atoms with Gasteiger partial charge in [0.25, 0.3) is 0 Å². The minimum absolute atomic E-state index is 0.483. The number of ether oxygens (including phenoxy) is 1. The van der Waals surface area contributed by atoms with Crippen LogP contribution in [0.15, 0.2) is 37.1 Å². The van der Waals surface area contributed by atoms with Gasteiger partial charge in [0.05, 0.1) is 24.8 Å². The van der Waals surface area contributed by atoms with Gasteiger partial charge in [0, 0.05) is 44.0 Å². The second-order valence-electron chi connectivity index (χ2n) is 6.42. The van der Waals surface area contributed by atoms with Gasteiger partial charge in [-0.1, -0.05) is 6.42 Å². The molecule has 116 valence electrons. The van der Waals surface area contributed by atoms with Gasteiger partial charge in [-0.25, -0.2) is 4.98 Å². The summed E-state index contributed by atoms with van der Waals surface area (Å²) < 4.78 is 8.24. The highest BCUT2D eigenvalue weighted by Crippen LogP contribution is 2.29. The molecule has 0 N–H and O–H groups in total. The van der Waals surface area contributed by atoms with Gasteiger partial charge in [-0.15, -0.1) is 0 Å². The molecule has 0 aromatic carbocycles. The van der Waals surface area contributed by atoms with E-state index in [1.807, 2.05) is 24.7 Å². The summed E-state index contributed by atoms with van der Waals surface area (Å²) in [5, 5.41) is 0. The van der Waals surface area contributed by atoms with Crippen molar-refractivity contribution >= 4 is 0 Å². The molecule has 22 heavy (non-hydrogen) atoms. The zero-order valence-corrected chi connectivity index (χ0v) is 12.8. The third-order valence-electron chi connectivity index (χ3n) is 4.82. The molecule has 0 saturated heterocycles. The largest absolute Gasteiger partial charge is 0.492 e. The molecule has 5 nitrogen and oxygen atoms in total. The van der Waals surface area contributed by atoms with Crippen LogP contribution < -0.4 is 4.74 Å². The van der Waals surface area contributed by atoms with Crippen molar-refractivity contribution < 1.29 is 4.74 Å². The van der Waals surface area contributed by atoms with Crippen molar-refractivity contribution in [1.29, 1.82) is 0 Å². The van der Waals surface area contributed by atoms with Gasteiger partial charge in [-0.05, 0) is 25.0 Å². The number of hydrogen-bond donors (Lipinski definition) is 0. The zero-order chi connectivity index (χ0) is 14.8. The monoisotopic (exact) mass is 298 g/mol. The lowest BCUT2D eigenvalue weighted by Gasteiger charge is -2.37. The average molecular weight is 298 g/mol. The van der Waals surface area contributed by atoms with E-state index in [9.17, 15) is 0 Å². The van der Waals surface area contributed by atoms with Crippen LogP contribution in [0, 0.1) is 5.92 Å². The first-order valence-corrected chi connectivity index (χ1v) is 8.14. The van der Waals surface area contributed by atoms with Gasteiger partial charge in [0.1, 0.15) is 5.75 Å². The lowest BCUT2D eigenvalue weighted by molar-refractivity contribution is 0.0896. The summed E-state index contributed by atoms with van der Waals surface area (Å²) in [7, 11) is 0. The number of nitrogens with zero attached hydrogens (tertiary/aromatic N) is 4. The van der Waals surface area contributed by atoms with Crippen molar-refractivity contribution in [3.05, 3.63) is 42.7 Å². The zero-order valence-electron chi connectivity index (χ0n) is 12.8. The van der Waals surface area contributed by atoms with Crippen molar-refractivity contribution in [3.8, 4) is 5.75 Å². The van der Waals surface area contributed by atoms with Crippen molar-refractivity contribution in [2.75, 3.05) is 13.2 Å². The van der Waals surface area contributed by atoms with E-state index in [1.165, 1.54) is 25.0 Å². The van der Waals surface area contributed by atoms with Crippen molar-refractivity contribution in [2.24, 2.45) is 5.92 Å². The number of imidazole rings is 1. The Morgan fingerprint density at radius 2 is 2.14 bits per heavy atom. The summed E-state index contributed by atoms with van der Waals surface area (Å²) in [4.78, 5) is 11.1. The number of hydrogen-bond acceptors (Lipinski definition) is 4. The highest BCUT2D eigenvalue weighted by atomic mass is 16.5. The molecular formula is C17H22N4O. The van der Waals surface area contributed by atoms with Gasteiger partial charge in [0.2, 0.25) is 0 Å². The van der Waals surface area contributed by atoms with Gasteiger partial charge in [0.15, 0.2) is 0 Å². The predicted molar refractivity (Wildman–Crippen MR) is 83.5 cm³/mol. The van der Waals surface area contributed by atoms with E-state index < -0.39 is 0 Å². The standard InChI is InChI=1S/C17H22N4O/c1-3-15(4-1)20-9-14(10-21-13-19-7-16(21)11-20)12-22-17-5-2-6-18-8-17/h2,5-8,13-15H,1,3-4,9-12H2. The first-order chi connectivity index (χ1) is 10.9. The van der Waals surface area contributed by atoms with Crippen molar-refractivity contribution in [2.45, 2.75) is 38.4 Å². The maximum atomic E-state index is 5.95. The summed E-state index contributed by atoms with van der Waals surface area (Å²) in [5.74, 6) is 1.34. The van der Waals surface area contributed by atoms with Gasteiger partial charge < -0.3 is 9.30 Å². The van der Waals surface area contributed by atoms with Gasteiger partial charge >= 0.3 is 0 Å². The topological polar surface area (TPSA) is 43.2 Å². The Balaban J connectivity index is 1.46. The molecule has 1 aliphatic carbocycles. The molecule has 0 amide bonds. The fourth-order valence-corrected chi connectivity index (χ4v) is 3.37. The molecule has 1 fully saturated rings. The van der Waals surface area contributed by atoms with E-state index in [2.05, 4.69) is 19.4 Å². The second-order valence-corrected chi connectivity index (χ2v) is 6.42. The normalized spacial score (nSPS) is 22.6. The second kappa shape index (κ2) is 6.08. The quantitative estimate of drug-likeness (QED) is 0.869. The molecule has 2 aromatic rings. The Kier molecular flexibility index (Phi) is 3.81. The maximum Gasteiger partial charge on any atom is 0.137 e. The van der Waals surface area contributed by atoms with Crippen LogP contribution in [0.1, 0.15) is 25.0 Å². The molecule has 1 aliphatic heterocycles. The van der Waals surface area contributed by atoms with Gasteiger partial charge in [-0.2, -0.15) is 0 Å². The molecule has 0 bridgehead atoms. The molecule has 1 atom stereocenters. The van der Waals surface area contributed by atoms with Crippen molar-refractivity contribution in [1.82, 2.24) is 19.4 Å². The average Bonchev–Trinajstić information content (AvgIpc) is 2.84. The Labute approximate surface area is 130 Å². The summed E-state index contributed by atoms with van der Waals surface area (Å²) in [6.07, 6.45) is 11.6. The molecule has 0 radical (unpaired) electrons. The summed E-state index contributed by atoms with van der Waals surface area (Å²) in [6, 6.07) is 4.63. The summed E-state index contributed by atoms with van der Waals surface area (Å²) in [6.45, 7) is 3.84. The Bertz CT molecular complexity index is 608. The number of fused-ring (bicyclic) bond motifs is 1. The van der Waals surface area contributed by atoms with Crippen LogP contribution in [0.25, 0.3) is 0 Å². The minimum atomic E-state index is 0.483. The third-order valence-corrected chi connectivity index (χ3v) is 4.82. The number of pyridine rings is 1. The van der Waals surface area contributed by atoms with Crippen LogP contribution in [0.4, 0.5) is 0 Å². The van der Waals surface area contributed by atoms with Gasteiger partial charge in [-0.3, -0.25) is 9.88 Å². The molecule has 3 heterocycles. The van der Waals surface area contributed by atoms with Crippen LogP contribution in [-0.2, 0) is 13.1 Å². The molecule has 4 rings (SSSR count). The summed E-state index contributed by atoms with van der Waals surface area (Å²) >= 11 is 0. The van der Waals surface area contributed by atoms with E-state index in [-0.39, 0.29) is 0 Å². The fraction of sp³-hybridized carbons (Fsp3) is 0.529. The molecule has 5 heteroatoms. The van der Waals surface area contributed by atoms with Crippen LogP contribution in [0.5, 0.6) is 5.75 Å².